The summed E-state index contributed by atoms with van der Waals surface area (Å²) in [6, 6.07) is 14.0. The van der Waals surface area contributed by atoms with Gasteiger partial charge in [-0.05, 0) is 41.2 Å². The molecule has 0 amide bonds. The molecule has 0 unspecified atom stereocenters. The van der Waals surface area contributed by atoms with Crippen LogP contribution < -0.4 is 5.01 Å². The highest BCUT2D eigenvalue weighted by molar-refractivity contribution is 6.01. The Morgan fingerprint density at radius 3 is 2.42 bits per heavy atom. The van der Waals surface area contributed by atoms with Crippen LogP contribution in [0.4, 0.5) is 5.69 Å². The molecular formula is C22H24N2O2. The number of hydrazone groups is 1. The van der Waals surface area contributed by atoms with Gasteiger partial charge in [-0.3, -0.25) is 4.79 Å². The molecule has 4 nitrogen and oxygen atoms in total. The summed E-state index contributed by atoms with van der Waals surface area (Å²) in [6.45, 7) is 8.55. The van der Waals surface area contributed by atoms with Crippen molar-refractivity contribution in [2.75, 3.05) is 5.01 Å². The zero-order chi connectivity index (χ0) is 18.9. The number of aliphatic hydroxyl groups excluding tert-OH is 1. The quantitative estimate of drug-likeness (QED) is 0.491. The van der Waals surface area contributed by atoms with Crippen molar-refractivity contribution in [2.24, 2.45) is 5.10 Å². The molecule has 0 atom stereocenters. The number of benzene rings is 2. The highest BCUT2D eigenvalue weighted by atomic mass is 16.3. The maximum atomic E-state index is 11.3. The highest BCUT2D eigenvalue weighted by Crippen LogP contribution is 2.34. The van der Waals surface area contributed by atoms with Crippen molar-refractivity contribution in [3.05, 3.63) is 70.5 Å². The van der Waals surface area contributed by atoms with Crippen LogP contribution in [-0.4, -0.2) is 17.6 Å². The number of fused-ring (bicyclic) bond motifs is 1. The van der Waals surface area contributed by atoms with E-state index < -0.39 is 0 Å². The lowest BCUT2D eigenvalue weighted by atomic mass is 9.87. The standard InChI is InChI=1S/C22H24N2O2/c1-5-15-6-7-16-13-23-24(21(19(16)12-15)20(26)14-25)18-10-8-17(9-11-18)22(2,3)4/h6-14,26H,5H2,1-4H3. The zero-order valence-electron chi connectivity index (χ0n) is 15.7. The number of carbonyl (C=O) groups is 1. The molecule has 0 saturated carbocycles. The molecule has 1 heterocycles. The molecule has 0 saturated heterocycles. The van der Waals surface area contributed by atoms with E-state index in [0.29, 0.717) is 12.0 Å². The van der Waals surface area contributed by atoms with Gasteiger partial charge in [-0.25, -0.2) is 5.01 Å². The number of anilines is 1. The van der Waals surface area contributed by atoms with Gasteiger partial charge in [0, 0.05) is 11.1 Å². The first-order chi connectivity index (χ1) is 12.3. The summed E-state index contributed by atoms with van der Waals surface area (Å²) < 4.78 is 0. The molecule has 0 fully saturated rings. The lowest BCUT2D eigenvalue weighted by Crippen LogP contribution is -2.22. The van der Waals surface area contributed by atoms with Gasteiger partial charge in [0.2, 0.25) is 0 Å². The number of nitrogens with zero attached hydrogens (tertiary/aromatic N) is 2. The summed E-state index contributed by atoms with van der Waals surface area (Å²) in [5.74, 6) is -0.323. The average Bonchev–Trinajstić information content (AvgIpc) is 2.65. The minimum atomic E-state index is -0.323. The van der Waals surface area contributed by atoms with Gasteiger partial charge < -0.3 is 5.11 Å². The Morgan fingerprint density at radius 2 is 1.85 bits per heavy atom. The fourth-order valence-corrected chi connectivity index (χ4v) is 3.03. The minimum Gasteiger partial charge on any atom is -0.503 e. The summed E-state index contributed by atoms with van der Waals surface area (Å²) in [5, 5.41) is 16.4. The van der Waals surface area contributed by atoms with Crippen LogP contribution in [0.3, 0.4) is 0 Å². The van der Waals surface area contributed by atoms with Crippen molar-refractivity contribution < 1.29 is 9.90 Å². The van der Waals surface area contributed by atoms with Gasteiger partial charge in [-0.15, -0.1) is 0 Å². The topological polar surface area (TPSA) is 52.9 Å². The summed E-state index contributed by atoms with van der Waals surface area (Å²) in [5.41, 5.74) is 5.30. The van der Waals surface area contributed by atoms with Gasteiger partial charge in [0.05, 0.1) is 11.9 Å². The van der Waals surface area contributed by atoms with Crippen LogP contribution in [0, 0.1) is 0 Å². The van der Waals surface area contributed by atoms with E-state index in [2.05, 4.69) is 44.9 Å². The first-order valence-electron chi connectivity index (χ1n) is 8.81. The first-order valence-corrected chi connectivity index (χ1v) is 8.81. The van der Waals surface area contributed by atoms with Crippen molar-refractivity contribution in [1.29, 1.82) is 0 Å². The number of aryl methyl sites for hydroxylation is 1. The molecule has 0 radical (unpaired) electrons. The second-order valence-corrected chi connectivity index (χ2v) is 7.48. The molecule has 4 heteroatoms. The van der Waals surface area contributed by atoms with Crippen LogP contribution in [0.15, 0.2) is 53.3 Å². The Kier molecular flexibility index (Phi) is 4.68. The van der Waals surface area contributed by atoms with E-state index in [1.54, 1.807) is 11.2 Å². The molecule has 134 valence electrons. The second-order valence-electron chi connectivity index (χ2n) is 7.48. The molecule has 2 aromatic rings. The Bertz CT molecular complexity index is 887. The number of carbonyl (C=O) groups excluding carboxylic acids is 1. The Balaban J connectivity index is 2.11. The summed E-state index contributed by atoms with van der Waals surface area (Å²) in [6.07, 6.45) is 3.10. The summed E-state index contributed by atoms with van der Waals surface area (Å²) in [7, 11) is 0. The second kappa shape index (κ2) is 6.79. The van der Waals surface area contributed by atoms with Gasteiger partial charge in [-0.2, -0.15) is 5.10 Å². The number of rotatable bonds is 3. The van der Waals surface area contributed by atoms with Crippen molar-refractivity contribution in [3.8, 4) is 0 Å². The van der Waals surface area contributed by atoms with E-state index in [0.717, 1.165) is 28.8 Å². The lowest BCUT2D eigenvalue weighted by Gasteiger charge is -2.28. The van der Waals surface area contributed by atoms with Gasteiger partial charge in [-0.1, -0.05) is 52.0 Å². The Labute approximate surface area is 154 Å². The molecule has 0 bridgehead atoms. The average molecular weight is 348 g/mol. The fourth-order valence-electron chi connectivity index (χ4n) is 3.03. The summed E-state index contributed by atoms with van der Waals surface area (Å²) in [4.78, 5) is 11.3. The van der Waals surface area contributed by atoms with E-state index in [1.165, 1.54) is 5.56 Å². The molecule has 3 rings (SSSR count). The lowest BCUT2D eigenvalue weighted by molar-refractivity contribution is -0.106. The predicted octanol–water partition coefficient (Wildman–Crippen LogP) is 4.83. The molecule has 0 spiro atoms. The molecule has 26 heavy (non-hydrogen) atoms. The van der Waals surface area contributed by atoms with Crippen molar-refractivity contribution >= 4 is 23.9 Å². The van der Waals surface area contributed by atoms with Crippen LogP contribution >= 0.6 is 0 Å². The van der Waals surface area contributed by atoms with E-state index in [4.69, 9.17) is 0 Å². The largest absolute Gasteiger partial charge is 0.503 e. The molecule has 2 aromatic carbocycles. The van der Waals surface area contributed by atoms with Crippen LogP contribution in [-0.2, 0) is 16.6 Å². The third-order valence-corrected chi connectivity index (χ3v) is 4.64. The predicted molar refractivity (Wildman–Crippen MR) is 107 cm³/mol. The van der Waals surface area contributed by atoms with Gasteiger partial charge >= 0.3 is 0 Å². The van der Waals surface area contributed by atoms with E-state index in [1.807, 2.05) is 30.3 Å². The normalized spacial score (nSPS) is 15.6. The Hall–Kier alpha value is -2.88. The monoisotopic (exact) mass is 348 g/mol. The number of hydrogen-bond acceptors (Lipinski definition) is 4. The molecule has 0 aromatic heterocycles. The van der Waals surface area contributed by atoms with Crippen LogP contribution in [0.5, 0.6) is 0 Å². The minimum absolute atomic E-state index is 0.0515. The zero-order valence-corrected chi connectivity index (χ0v) is 15.7. The number of hydrogen-bond donors (Lipinski definition) is 1. The van der Waals surface area contributed by atoms with E-state index in [-0.39, 0.29) is 11.2 Å². The van der Waals surface area contributed by atoms with Crippen molar-refractivity contribution in [2.45, 2.75) is 39.5 Å². The van der Waals surface area contributed by atoms with Gasteiger partial charge in [0.1, 0.15) is 5.70 Å². The molecule has 1 aliphatic rings. The fraction of sp³-hybridized carbons (Fsp3) is 0.273. The van der Waals surface area contributed by atoms with Crippen LogP contribution in [0.2, 0.25) is 0 Å². The molecular weight excluding hydrogens is 324 g/mol. The number of aldehydes is 1. The van der Waals surface area contributed by atoms with Gasteiger partial charge in [0.25, 0.3) is 0 Å². The van der Waals surface area contributed by atoms with Crippen molar-refractivity contribution in [1.82, 2.24) is 0 Å². The van der Waals surface area contributed by atoms with Crippen LogP contribution in [0.1, 0.15) is 49.9 Å². The SMILES string of the molecule is CCc1ccc2c(c1)C(=C(O)C=O)N(c1ccc(C(C)(C)C)cc1)N=C2. The maximum Gasteiger partial charge on any atom is 0.186 e. The third-order valence-electron chi connectivity index (χ3n) is 4.64. The molecule has 1 N–H and O–H groups in total. The first kappa shape index (κ1) is 17.9. The van der Waals surface area contributed by atoms with E-state index >= 15 is 0 Å². The number of allylic oxidation sites excluding steroid dienone is 1. The maximum absolute atomic E-state index is 11.3. The number of aliphatic hydroxyl groups is 1. The Morgan fingerprint density at radius 1 is 1.15 bits per heavy atom. The molecule has 1 aliphatic heterocycles. The highest BCUT2D eigenvalue weighted by Gasteiger charge is 2.24. The third kappa shape index (κ3) is 3.27. The smallest absolute Gasteiger partial charge is 0.186 e. The van der Waals surface area contributed by atoms with Gasteiger partial charge in [0.15, 0.2) is 12.0 Å². The van der Waals surface area contributed by atoms with E-state index in [9.17, 15) is 9.90 Å². The molecule has 0 aliphatic carbocycles. The van der Waals surface area contributed by atoms with Crippen molar-refractivity contribution in [3.63, 3.8) is 0 Å². The summed E-state index contributed by atoms with van der Waals surface area (Å²) >= 11 is 0. The van der Waals surface area contributed by atoms with Crippen LogP contribution in [0.25, 0.3) is 5.70 Å².